The molecule has 0 radical (unpaired) electrons. The van der Waals surface area contributed by atoms with Crippen LogP contribution in [-0.2, 0) is 19.0 Å². The number of halogens is 3. The van der Waals surface area contributed by atoms with Crippen LogP contribution in [0.15, 0.2) is 66.9 Å². The van der Waals surface area contributed by atoms with Crippen molar-refractivity contribution in [2.45, 2.75) is 45.4 Å². The molecule has 1 N–H and O–H groups in total. The van der Waals surface area contributed by atoms with E-state index in [1.54, 1.807) is 87.6 Å². The maximum atomic E-state index is 16.3. The van der Waals surface area contributed by atoms with E-state index < -0.39 is 48.6 Å². The van der Waals surface area contributed by atoms with Crippen LogP contribution in [0.5, 0.6) is 0 Å². The summed E-state index contributed by atoms with van der Waals surface area (Å²) in [6.07, 6.45) is -4.27. The van der Waals surface area contributed by atoms with Crippen molar-refractivity contribution in [2.24, 2.45) is 5.41 Å². The van der Waals surface area contributed by atoms with Crippen LogP contribution < -0.4 is 5.32 Å². The average Bonchev–Trinajstić information content (AvgIpc) is 3.47. The second kappa shape index (κ2) is 12.5. The molecule has 2 aromatic heterocycles. The monoisotopic (exact) mass is 720 g/mol. The molecule has 0 spiro atoms. The van der Waals surface area contributed by atoms with Crippen LogP contribution in [0.4, 0.5) is 10.3 Å². The molecule has 1 fully saturated rings. The highest BCUT2D eigenvalue weighted by atomic mass is 127. The summed E-state index contributed by atoms with van der Waals surface area (Å²) in [6.45, 7) is 4.80. The fraction of sp³-hybridized carbons (Fsp3) is 0.300. The zero-order valence-corrected chi connectivity index (χ0v) is 26.2. The van der Waals surface area contributed by atoms with Gasteiger partial charge in [-0.2, -0.15) is 9.97 Å². The Morgan fingerprint density at radius 3 is 2.23 bits per heavy atom. The molecule has 1 saturated heterocycles. The first-order valence-electron chi connectivity index (χ1n) is 13.3. The first kappa shape index (κ1) is 30.8. The van der Waals surface area contributed by atoms with E-state index in [2.05, 4.69) is 15.3 Å². The Morgan fingerprint density at radius 2 is 1.63 bits per heavy atom. The summed E-state index contributed by atoms with van der Waals surface area (Å²) >= 11 is 8.49. The normalized spacial score (nSPS) is 20.1. The Hall–Kier alpha value is -3.62. The van der Waals surface area contributed by atoms with Crippen LogP contribution in [0, 0.1) is 8.99 Å². The van der Waals surface area contributed by atoms with Crippen molar-refractivity contribution in [2.75, 3.05) is 11.9 Å². The number of rotatable bonds is 7. The van der Waals surface area contributed by atoms with Gasteiger partial charge in [-0.25, -0.2) is 14.0 Å². The zero-order valence-electron chi connectivity index (χ0n) is 23.3. The molecule has 4 atom stereocenters. The summed E-state index contributed by atoms with van der Waals surface area (Å²) in [5.41, 5.74) is -0.0249. The van der Waals surface area contributed by atoms with Crippen LogP contribution in [-0.4, -0.2) is 57.4 Å². The third-order valence-corrected chi connectivity index (χ3v) is 7.76. The van der Waals surface area contributed by atoms with Gasteiger partial charge >= 0.3 is 11.9 Å². The maximum absolute atomic E-state index is 16.3. The second-order valence-electron chi connectivity index (χ2n) is 10.8. The topological polar surface area (TPSA) is 122 Å². The highest BCUT2D eigenvalue weighted by Crippen LogP contribution is 2.39. The van der Waals surface area contributed by atoms with E-state index in [1.807, 2.05) is 22.6 Å². The summed E-state index contributed by atoms with van der Waals surface area (Å²) in [6, 6.07) is 16.4. The van der Waals surface area contributed by atoms with E-state index in [0.717, 1.165) is 0 Å². The fourth-order valence-corrected chi connectivity index (χ4v) is 5.60. The molecule has 5 rings (SSSR count). The van der Waals surface area contributed by atoms with E-state index in [1.165, 1.54) is 4.57 Å². The number of anilines is 1. The largest absolute Gasteiger partial charge is 0.459 e. The van der Waals surface area contributed by atoms with Gasteiger partial charge in [0, 0.05) is 15.2 Å². The third-order valence-electron chi connectivity index (χ3n) is 6.67. The molecular weight excluding hydrogens is 694 g/mol. The number of aromatic nitrogens is 3. The molecule has 224 valence electrons. The molecule has 0 bridgehead atoms. The molecule has 1 amide bonds. The van der Waals surface area contributed by atoms with Crippen molar-refractivity contribution >= 4 is 69.0 Å². The van der Waals surface area contributed by atoms with Gasteiger partial charge in [-0.05, 0) is 46.9 Å². The molecule has 13 heteroatoms. The lowest BCUT2D eigenvalue weighted by Gasteiger charge is -2.19. The Labute approximate surface area is 265 Å². The highest BCUT2D eigenvalue weighted by Gasteiger charge is 2.50. The minimum atomic E-state index is -1.90. The number of carbonyl (C=O) groups excluding carboxylic acids is 3. The lowest BCUT2D eigenvalue weighted by molar-refractivity contribution is -0.123. The molecule has 0 aliphatic carbocycles. The summed E-state index contributed by atoms with van der Waals surface area (Å²) in [5, 5.41) is 3.11. The summed E-state index contributed by atoms with van der Waals surface area (Å²) in [7, 11) is 0. The van der Waals surface area contributed by atoms with E-state index in [9.17, 15) is 14.4 Å². The molecule has 43 heavy (non-hydrogen) atoms. The van der Waals surface area contributed by atoms with Crippen LogP contribution in [0.3, 0.4) is 0 Å². The van der Waals surface area contributed by atoms with Gasteiger partial charge in [0.15, 0.2) is 18.5 Å². The minimum Gasteiger partial charge on any atom is -0.459 e. The Morgan fingerprint density at radius 1 is 1.02 bits per heavy atom. The number of carbonyl (C=O) groups is 3. The Bertz CT molecular complexity index is 1660. The lowest BCUT2D eigenvalue weighted by atomic mass is 9.96. The predicted octanol–water partition coefficient (Wildman–Crippen LogP) is 5.99. The van der Waals surface area contributed by atoms with Crippen molar-refractivity contribution in [3.05, 3.63) is 86.7 Å². The number of ether oxygens (including phenoxy) is 3. The highest BCUT2D eigenvalue weighted by molar-refractivity contribution is 14.1. The quantitative estimate of drug-likeness (QED) is 0.140. The number of amides is 1. The standard InChI is InChI=1S/C30H27ClFIN4O6/c1-30(2,3)28(40)36-29-34-23(31)20-18(33)14-37(24(20)35-29)25-21(32)22(43-27(39)17-12-8-5-9-13-17)19(42-25)15-41-26(38)16-10-6-4-7-11-16/h4-14,19,21-22,25H,15H2,1-3H3,(H,34,35,36,40)/t19-,21+,22-,25-/m1/s1. The Kier molecular flexibility index (Phi) is 8.99. The van der Waals surface area contributed by atoms with Gasteiger partial charge in [0.1, 0.15) is 23.5 Å². The number of esters is 2. The number of nitrogens with one attached hydrogen (secondary N) is 1. The minimum absolute atomic E-state index is 0.0474. The van der Waals surface area contributed by atoms with E-state index >= 15 is 4.39 Å². The number of nitrogens with zero attached hydrogens (tertiary/aromatic N) is 3. The predicted molar refractivity (Wildman–Crippen MR) is 165 cm³/mol. The van der Waals surface area contributed by atoms with Crippen LogP contribution in [0.25, 0.3) is 11.0 Å². The van der Waals surface area contributed by atoms with Gasteiger partial charge in [-0.15, -0.1) is 0 Å². The van der Waals surface area contributed by atoms with Gasteiger partial charge in [0.2, 0.25) is 11.9 Å². The SMILES string of the molecule is CC(C)(C)C(=O)Nc1nc(Cl)c2c(I)cn([C@@H]3O[C@H](COC(=O)c4ccccc4)[C@@H](OC(=O)c4ccccc4)[C@@H]3F)c2n1. The number of benzene rings is 2. The molecule has 1 aliphatic heterocycles. The first-order valence-corrected chi connectivity index (χ1v) is 14.7. The molecule has 1 aliphatic rings. The van der Waals surface area contributed by atoms with Gasteiger partial charge < -0.3 is 18.8 Å². The third kappa shape index (κ3) is 6.65. The number of alkyl halides is 1. The molecule has 3 heterocycles. The van der Waals surface area contributed by atoms with Gasteiger partial charge in [-0.3, -0.25) is 10.1 Å². The zero-order chi connectivity index (χ0) is 30.9. The van der Waals surface area contributed by atoms with Crippen LogP contribution in [0.1, 0.15) is 47.7 Å². The summed E-state index contributed by atoms with van der Waals surface area (Å²) < 4.78 is 35.4. The second-order valence-corrected chi connectivity index (χ2v) is 12.4. The van der Waals surface area contributed by atoms with Crippen molar-refractivity contribution < 1.29 is 33.0 Å². The molecular formula is C30H27ClFIN4O6. The summed E-state index contributed by atoms with van der Waals surface area (Å²) in [5.74, 6) is -1.82. The maximum Gasteiger partial charge on any atom is 0.338 e. The number of hydrogen-bond donors (Lipinski definition) is 1. The average molecular weight is 721 g/mol. The van der Waals surface area contributed by atoms with Gasteiger partial charge in [0.05, 0.1) is 16.5 Å². The van der Waals surface area contributed by atoms with Crippen molar-refractivity contribution in [1.82, 2.24) is 14.5 Å². The van der Waals surface area contributed by atoms with Gasteiger partial charge in [-0.1, -0.05) is 68.8 Å². The van der Waals surface area contributed by atoms with Crippen molar-refractivity contribution in [3.8, 4) is 0 Å². The molecule has 10 nitrogen and oxygen atoms in total. The molecule has 4 aromatic rings. The molecule has 2 aromatic carbocycles. The van der Waals surface area contributed by atoms with Gasteiger partial charge in [0.25, 0.3) is 0 Å². The van der Waals surface area contributed by atoms with Crippen molar-refractivity contribution in [3.63, 3.8) is 0 Å². The fourth-order valence-electron chi connectivity index (χ4n) is 4.38. The van der Waals surface area contributed by atoms with E-state index in [4.69, 9.17) is 25.8 Å². The van der Waals surface area contributed by atoms with Crippen molar-refractivity contribution in [1.29, 1.82) is 0 Å². The first-order chi connectivity index (χ1) is 20.4. The Balaban J connectivity index is 1.47. The summed E-state index contributed by atoms with van der Waals surface area (Å²) in [4.78, 5) is 46.8. The van der Waals surface area contributed by atoms with Crippen LogP contribution in [0.2, 0.25) is 5.15 Å². The number of hydrogen-bond acceptors (Lipinski definition) is 8. The lowest BCUT2D eigenvalue weighted by Crippen LogP contribution is -2.37. The van der Waals surface area contributed by atoms with E-state index in [-0.39, 0.29) is 28.2 Å². The molecule has 0 saturated carbocycles. The van der Waals surface area contributed by atoms with E-state index in [0.29, 0.717) is 14.5 Å². The molecule has 0 unspecified atom stereocenters. The number of fused-ring (bicyclic) bond motifs is 1. The smallest absolute Gasteiger partial charge is 0.338 e. The van der Waals surface area contributed by atoms with Crippen LogP contribution >= 0.6 is 34.2 Å².